The van der Waals surface area contributed by atoms with E-state index in [2.05, 4.69) is 5.16 Å². The molecule has 1 aromatic carbocycles. The fourth-order valence-corrected chi connectivity index (χ4v) is 1.60. The van der Waals surface area contributed by atoms with Crippen molar-refractivity contribution in [1.29, 1.82) is 0 Å². The van der Waals surface area contributed by atoms with E-state index < -0.39 is 5.82 Å². The van der Waals surface area contributed by atoms with Crippen molar-refractivity contribution in [3.63, 3.8) is 0 Å². The third-order valence-electron chi connectivity index (χ3n) is 1.97. The molecule has 1 heterocycles. The Hall–Kier alpha value is -1.06. The normalized spacial score (nSPS) is 10.6. The predicted molar refractivity (Wildman–Crippen MR) is 56.5 cm³/mol. The minimum absolute atomic E-state index is 0.0458. The molecule has 1 aromatic heterocycles. The van der Waals surface area contributed by atoms with Gasteiger partial charge in [-0.3, -0.25) is 0 Å². The van der Waals surface area contributed by atoms with Gasteiger partial charge in [0.15, 0.2) is 5.76 Å². The van der Waals surface area contributed by atoms with E-state index in [0.717, 1.165) is 5.56 Å². The van der Waals surface area contributed by atoms with E-state index >= 15 is 0 Å². The number of rotatable bonds is 2. The van der Waals surface area contributed by atoms with Gasteiger partial charge in [0.2, 0.25) is 0 Å². The van der Waals surface area contributed by atoms with Crippen LogP contribution in [0.25, 0.3) is 11.3 Å². The summed E-state index contributed by atoms with van der Waals surface area (Å²) in [6, 6.07) is 4.32. The van der Waals surface area contributed by atoms with Crippen LogP contribution in [-0.2, 0) is 5.88 Å². The smallest absolute Gasteiger partial charge is 0.171 e. The fraction of sp³-hybridized carbons (Fsp3) is 0.100. The average Bonchev–Trinajstić information content (AvgIpc) is 2.70. The second kappa shape index (κ2) is 4.21. The van der Waals surface area contributed by atoms with Gasteiger partial charge >= 0.3 is 0 Å². The summed E-state index contributed by atoms with van der Waals surface area (Å²) in [5, 5.41) is 3.67. The number of alkyl halides is 1. The van der Waals surface area contributed by atoms with E-state index in [1.807, 2.05) is 0 Å². The van der Waals surface area contributed by atoms with E-state index in [9.17, 15) is 4.39 Å². The molecule has 0 amide bonds. The molecule has 0 saturated carbocycles. The van der Waals surface area contributed by atoms with Crippen molar-refractivity contribution in [3.8, 4) is 11.3 Å². The van der Waals surface area contributed by atoms with Crippen molar-refractivity contribution >= 4 is 23.2 Å². The van der Waals surface area contributed by atoms with Crippen molar-refractivity contribution in [2.24, 2.45) is 0 Å². The second-order valence-electron chi connectivity index (χ2n) is 2.94. The summed E-state index contributed by atoms with van der Waals surface area (Å²) < 4.78 is 17.9. The average molecular weight is 246 g/mol. The third-order valence-corrected chi connectivity index (χ3v) is 2.55. The van der Waals surface area contributed by atoms with Crippen molar-refractivity contribution in [2.45, 2.75) is 5.88 Å². The van der Waals surface area contributed by atoms with Crippen LogP contribution in [-0.4, -0.2) is 5.16 Å². The van der Waals surface area contributed by atoms with E-state index in [1.54, 1.807) is 6.07 Å². The molecule has 0 aliphatic carbocycles. The zero-order valence-corrected chi connectivity index (χ0v) is 9.02. The monoisotopic (exact) mass is 245 g/mol. The minimum atomic E-state index is -0.465. The van der Waals surface area contributed by atoms with Crippen LogP contribution < -0.4 is 0 Å². The van der Waals surface area contributed by atoms with E-state index in [-0.39, 0.29) is 10.9 Å². The van der Waals surface area contributed by atoms with Crippen LogP contribution >= 0.6 is 23.2 Å². The summed E-state index contributed by atoms with van der Waals surface area (Å²) in [5.41, 5.74) is 1.41. The van der Waals surface area contributed by atoms with Crippen molar-refractivity contribution in [1.82, 2.24) is 5.16 Å². The highest BCUT2D eigenvalue weighted by Crippen LogP contribution is 2.28. The molecule has 0 bridgehead atoms. The summed E-state index contributed by atoms with van der Waals surface area (Å²) in [6.45, 7) is 0. The standard InChI is InChI=1S/C10H6Cl2FNO/c11-4-7-5-14-15-10(7)6-1-2-9(13)8(12)3-6/h1-3,5H,4H2. The first-order valence-corrected chi connectivity index (χ1v) is 5.08. The van der Waals surface area contributed by atoms with Gasteiger partial charge in [0.25, 0.3) is 0 Å². The molecular weight excluding hydrogens is 240 g/mol. The van der Waals surface area contributed by atoms with Crippen LogP contribution in [0.3, 0.4) is 0 Å². The van der Waals surface area contributed by atoms with Gasteiger partial charge in [-0.15, -0.1) is 11.6 Å². The Kier molecular flexibility index (Phi) is 2.93. The molecule has 0 unspecified atom stereocenters. The number of aromatic nitrogens is 1. The Bertz CT molecular complexity index is 484. The van der Waals surface area contributed by atoms with Crippen LogP contribution in [0.15, 0.2) is 28.9 Å². The maximum atomic E-state index is 12.9. The predicted octanol–water partition coefficient (Wildman–Crippen LogP) is 3.87. The van der Waals surface area contributed by atoms with E-state index in [1.165, 1.54) is 18.3 Å². The molecule has 0 aliphatic heterocycles. The number of benzene rings is 1. The molecule has 2 nitrogen and oxygen atoms in total. The van der Waals surface area contributed by atoms with Gasteiger partial charge in [-0.2, -0.15) is 0 Å². The summed E-state index contributed by atoms with van der Waals surface area (Å²) >= 11 is 11.3. The minimum Gasteiger partial charge on any atom is -0.356 e. The van der Waals surface area contributed by atoms with Crippen LogP contribution in [0.5, 0.6) is 0 Å². The summed E-state index contributed by atoms with van der Waals surface area (Å²) in [5.74, 6) is 0.340. The molecule has 0 aliphatic rings. The Morgan fingerprint density at radius 1 is 1.40 bits per heavy atom. The highest BCUT2D eigenvalue weighted by atomic mass is 35.5. The molecule has 78 valence electrons. The summed E-state index contributed by atoms with van der Waals surface area (Å²) in [4.78, 5) is 0. The molecule has 2 aromatic rings. The number of hydrogen-bond donors (Lipinski definition) is 0. The largest absolute Gasteiger partial charge is 0.356 e. The molecule has 0 fully saturated rings. The van der Waals surface area contributed by atoms with Gasteiger partial charge in [-0.25, -0.2) is 4.39 Å². The summed E-state index contributed by atoms with van der Waals surface area (Å²) in [7, 11) is 0. The lowest BCUT2D eigenvalue weighted by atomic mass is 10.1. The Balaban J connectivity index is 2.50. The van der Waals surface area contributed by atoms with Crippen molar-refractivity contribution < 1.29 is 8.91 Å². The molecule has 0 N–H and O–H groups in total. The number of nitrogens with zero attached hydrogens (tertiary/aromatic N) is 1. The maximum absolute atomic E-state index is 12.9. The molecule has 0 saturated heterocycles. The molecule has 5 heteroatoms. The van der Waals surface area contributed by atoms with Crippen LogP contribution in [0.1, 0.15) is 5.56 Å². The van der Waals surface area contributed by atoms with Gasteiger partial charge in [-0.05, 0) is 18.2 Å². The lowest BCUT2D eigenvalue weighted by Crippen LogP contribution is -1.82. The Morgan fingerprint density at radius 3 is 2.87 bits per heavy atom. The van der Waals surface area contributed by atoms with Crippen LogP contribution in [0.2, 0.25) is 5.02 Å². The van der Waals surface area contributed by atoms with Gasteiger partial charge in [0.1, 0.15) is 5.82 Å². The summed E-state index contributed by atoms with van der Waals surface area (Å²) in [6.07, 6.45) is 1.53. The number of hydrogen-bond acceptors (Lipinski definition) is 2. The molecule has 0 radical (unpaired) electrons. The zero-order chi connectivity index (χ0) is 10.8. The Labute approximate surface area is 95.6 Å². The lowest BCUT2D eigenvalue weighted by Gasteiger charge is -1.99. The first kappa shape index (κ1) is 10.5. The lowest BCUT2D eigenvalue weighted by molar-refractivity contribution is 0.432. The quantitative estimate of drug-likeness (QED) is 0.751. The Morgan fingerprint density at radius 2 is 2.20 bits per heavy atom. The first-order chi connectivity index (χ1) is 7.22. The molecular formula is C10H6Cl2FNO. The fourth-order valence-electron chi connectivity index (χ4n) is 1.23. The van der Waals surface area contributed by atoms with E-state index in [0.29, 0.717) is 11.3 Å². The van der Waals surface area contributed by atoms with Crippen LogP contribution in [0, 0.1) is 5.82 Å². The maximum Gasteiger partial charge on any atom is 0.171 e. The van der Waals surface area contributed by atoms with Gasteiger partial charge in [0.05, 0.1) is 17.1 Å². The molecule has 0 spiro atoms. The topological polar surface area (TPSA) is 26.0 Å². The highest BCUT2D eigenvalue weighted by Gasteiger charge is 2.11. The number of halogens is 3. The van der Waals surface area contributed by atoms with Crippen LogP contribution in [0.4, 0.5) is 4.39 Å². The zero-order valence-electron chi connectivity index (χ0n) is 7.51. The second-order valence-corrected chi connectivity index (χ2v) is 3.62. The first-order valence-electron chi connectivity index (χ1n) is 4.17. The molecule has 15 heavy (non-hydrogen) atoms. The highest BCUT2D eigenvalue weighted by molar-refractivity contribution is 6.31. The van der Waals surface area contributed by atoms with E-state index in [4.69, 9.17) is 27.7 Å². The SMILES string of the molecule is Fc1ccc(-c2oncc2CCl)cc1Cl. The van der Waals surface area contributed by atoms with Crippen molar-refractivity contribution in [2.75, 3.05) is 0 Å². The van der Waals surface area contributed by atoms with Gasteiger partial charge in [-0.1, -0.05) is 16.8 Å². The van der Waals surface area contributed by atoms with Gasteiger partial charge in [0, 0.05) is 11.1 Å². The molecule has 2 rings (SSSR count). The molecule has 0 atom stereocenters. The van der Waals surface area contributed by atoms with Gasteiger partial charge < -0.3 is 4.52 Å². The third kappa shape index (κ3) is 1.98. The van der Waals surface area contributed by atoms with Crippen molar-refractivity contribution in [3.05, 3.63) is 40.8 Å².